The molecule has 0 spiro atoms. The molecule has 1 saturated carbocycles. The molecule has 0 aromatic heterocycles. The van der Waals surface area contributed by atoms with E-state index in [0.717, 1.165) is 16.9 Å². The quantitative estimate of drug-likeness (QED) is 0.821. The second kappa shape index (κ2) is 6.74. The first-order valence-electron chi connectivity index (χ1n) is 7.51. The zero-order chi connectivity index (χ0) is 14.5. The lowest BCUT2D eigenvalue weighted by molar-refractivity contribution is 0.182. The molecular weight excluding hydrogens is 262 g/mol. The van der Waals surface area contributed by atoms with Crippen molar-refractivity contribution in [1.29, 1.82) is 0 Å². The molecule has 1 unspecified atom stereocenters. The lowest BCUT2D eigenvalue weighted by Crippen LogP contribution is -2.39. The third kappa shape index (κ3) is 3.84. The van der Waals surface area contributed by atoms with E-state index in [1.807, 2.05) is 36.4 Å². The molecule has 2 N–H and O–H groups in total. The molecule has 0 aliphatic heterocycles. The van der Waals surface area contributed by atoms with E-state index in [0.29, 0.717) is 12.6 Å². The van der Waals surface area contributed by atoms with Crippen molar-refractivity contribution >= 4 is 0 Å². The summed E-state index contributed by atoms with van der Waals surface area (Å²) in [5.41, 5.74) is 2.23. The van der Waals surface area contributed by atoms with Gasteiger partial charge in [0.1, 0.15) is 12.4 Å². The second-order valence-electron chi connectivity index (χ2n) is 5.49. The molecule has 1 aliphatic rings. The van der Waals surface area contributed by atoms with Crippen molar-refractivity contribution in [2.75, 3.05) is 13.2 Å². The van der Waals surface area contributed by atoms with E-state index in [-0.39, 0.29) is 12.6 Å². The molecule has 21 heavy (non-hydrogen) atoms. The fraction of sp³-hybridized carbons (Fsp3) is 0.333. The number of benzene rings is 2. The van der Waals surface area contributed by atoms with Crippen molar-refractivity contribution in [2.45, 2.75) is 24.9 Å². The van der Waals surface area contributed by atoms with E-state index in [9.17, 15) is 5.11 Å². The van der Waals surface area contributed by atoms with E-state index in [4.69, 9.17) is 4.74 Å². The van der Waals surface area contributed by atoms with Gasteiger partial charge in [-0.05, 0) is 24.5 Å². The van der Waals surface area contributed by atoms with Crippen molar-refractivity contribution in [2.24, 2.45) is 0 Å². The van der Waals surface area contributed by atoms with Gasteiger partial charge in [0.25, 0.3) is 0 Å². The van der Waals surface area contributed by atoms with Gasteiger partial charge in [-0.25, -0.2) is 0 Å². The number of hydrogen-bond acceptors (Lipinski definition) is 3. The zero-order valence-corrected chi connectivity index (χ0v) is 12.0. The summed E-state index contributed by atoms with van der Waals surface area (Å²) >= 11 is 0. The molecule has 0 amide bonds. The minimum Gasteiger partial charge on any atom is -0.491 e. The summed E-state index contributed by atoms with van der Waals surface area (Å²) in [5, 5.41) is 12.8. The highest BCUT2D eigenvalue weighted by Gasteiger charge is 2.24. The third-order valence-electron chi connectivity index (χ3n) is 3.68. The molecular formula is C18H21NO2. The summed E-state index contributed by atoms with van der Waals surface area (Å²) in [6.45, 7) is 0.584. The Kier molecular flexibility index (Phi) is 4.53. The first-order valence-corrected chi connectivity index (χ1v) is 7.51. The van der Waals surface area contributed by atoms with Crippen LogP contribution < -0.4 is 10.1 Å². The minimum atomic E-state index is 0.00123. The fourth-order valence-corrected chi connectivity index (χ4v) is 2.38. The van der Waals surface area contributed by atoms with Crippen LogP contribution in [0.4, 0.5) is 0 Å². The first kappa shape index (κ1) is 14.1. The van der Waals surface area contributed by atoms with Crippen molar-refractivity contribution < 1.29 is 9.84 Å². The molecule has 0 radical (unpaired) electrons. The number of aliphatic hydroxyl groups excluding tert-OH is 1. The number of ether oxygens (including phenoxy) is 1. The van der Waals surface area contributed by atoms with Gasteiger partial charge >= 0.3 is 0 Å². The summed E-state index contributed by atoms with van der Waals surface area (Å²) in [4.78, 5) is 0. The molecule has 3 heteroatoms. The molecule has 1 fully saturated rings. The Morgan fingerprint density at radius 2 is 1.76 bits per heavy atom. The first-order chi connectivity index (χ1) is 10.4. The molecule has 1 aliphatic carbocycles. The largest absolute Gasteiger partial charge is 0.491 e. The van der Waals surface area contributed by atoms with Gasteiger partial charge in [0.2, 0.25) is 0 Å². The average Bonchev–Trinajstić information content (AvgIpc) is 3.36. The van der Waals surface area contributed by atoms with Gasteiger partial charge in [0, 0.05) is 11.6 Å². The van der Waals surface area contributed by atoms with Gasteiger partial charge < -0.3 is 15.2 Å². The summed E-state index contributed by atoms with van der Waals surface area (Å²) in [6.07, 6.45) is 2.41. The van der Waals surface area contributed by atoms with Crippen LogP contribution in [0.3, 0.4) is 0 Å². The van der Waals surface area contributed by atoms with Crippen molar-refractivity contribution in [1.82, 2.24) is 5.32 Å². The van der Waals surface area contributed by atoms with Crippen LogP contribution in [0.15, 0.2) is 54.6 Å². The molecule has 2 aromatic rings. The maximum Gasteiger partial charge on any atom is 0.127 e. The Balaban J connectivity index is 1.70. The smallest absolute Gasteiger partial charge is 0.127 e. The molecule has 3 rings (SSSR count). The van der Waals surface area contributed by atoms with Gasteiger partial charge in [-0.2, -0.15) is 0 Å². The van der Waals surface area contributed by atoms with Crippen LogP contribution in [-0.2, 0) is 0 Å². The fourth-order valence-electron chi connectivity index (χ4n) is 2.38. The normalized spacial score (nSPS) is 15.7. The number of rotatable bonds is 7. The predicted octanol–water partition coefficient (Wildman–Crippen LogP) is 2.85. The molecule has 0 saturated heterocycles. The lowest BCUT2D eigenvalue weighted by atomic mass is 10.1. The van der Waals surface area contributed by atoms with Gasteiger partial charge in [0.05, 0.1) is 12.6 Å². The molecule has 0 heterocycles. The van der Waals surface area contributed by atoms with Crippen LogP contribution in [0.1, 0.15) is 12.8 Å². The predicted molar refractivity (Wildman–Crippen MR) is 84.4 cm³/mol. The monoisotopic (exact) mass is 283 g/mol. The van der Waals surface area contributed by atoms with E-state index < -0.39 is 0 Å². The molecule has 0 bridgehead atoms. The Morgan fingerprint density at radius 3 is 2.48 bits per heavy atom. The number of aliphatic hydroxyl groups is 1. The standard InChI is InChI=1S/C18H21NO2/c20-12-16(19-15-10-11-15)13-21-18-9-5-4-8-17(18)14-6-2-1-3-7-14/h1-9,15-16,19-20H,10-13H2. The van der Waals surface area contributed by atoms with Gasteiger partial charge in [-0.1, -0.05) is 48.5 Å². The van der Waals surface area contributed by atoms with Gasteiger partial charge in [-0.3, -0.25) is 0 Å². The maximum absolute atomic E-state index is 9.42. The van der Waals surface area contributed by atoms with Crippen LogP contribution in [0.2, 0.25) is 0 Å². The average molecular weight is 283 g/mol. The van der Waals surface area contributed by atoms with E-state index >= 15 is 0 Å². The van der Waals surface area contributed by atoms with Crippen molar-refractivity contribution in [3.63, 3.8) is 0 Å². The Morgan fingerprint density at radius 1 is 1.05 bits per heavy atom. The van der Waals surface area contributed by atoms with E-state index in [1.54, 1.807) is 0 Å². The topological polar surface area (TPSA) is 41.5 Å². The van der Waals surface area contributed by atoms with Crippen LogP contribution in [-0.4, -0.2) is 30.4 Å². The molecule has 110 valence electrons. The van der Waals surface area contributed by atoms with Crippen LogP contribution in [0, 0.1) is 0 Å². The third-order valence-corrected chi connectivity index (χ3v) is 3.68. The number of para-hydroxylation sites is 1. The Bertz CT molecular complexity index is 566. The summed E-state index contributed by atoms with van der Waals surface area (Å²) in [6, 6.07) is 18.8. The van der Waals surface area contributed by atoms with Crippen LogP contribution in [0.25, 0.3) is 11.1 Å². The zero-order valence-electron chi connectivity index (χ0n) is 12.0. The van der Waals surface area contributed by atoms with Gasteiger partial charge in [-0.15, -0.1) is 0 Å². The van der Waals surface area contributed by atoms with Crippen LogP contribution >= 0.6 is 0 Å². The van der Waals surface area contributed by atoms with Gasteiger partial charge in [0.15, 0.2) is 0 Å². The highest BCUT2D eigenvalue weighted by Crippen LogP contribution is 2.29. The lowest BCUT2D eigenvalue weighted by Gasteiger charge is -2.18. The second-order valence-corrected chi connectivity index (χ2v) is 5.49. The maximum atomic E-state index is 9.42. The van der Waals surface area contributed by atoms with Crippen molar-refractivity contribution in [3.05, 3.63) is 54.6 Å². The summed E-state index contributed by atoms with van der Waals surface area (Å²) < 4.78 is 5.95. The van der Waals surface area contributed by atoms with E-state index in [2.05, 4.69) is 23.5 Å². The molecule has 3 nitrogen and oxygen atoms in total. The molecule has 2 aromatic carbocycles. The highest BCUT2D eigenvalue weighted by atomic mass is 16.5. The van der Waals surface area contributed by atoms with Crippen molar-refractivity contribution in [3.8, 4) is 16.9 Å². The number of nitrogens with one attached hydrogen (secondary N) is 1. The van der Waals surface area contributed by atoms with E-state index in [1.165, 1.54) is 12.8 Å². The minimum absolute atomic E-state index is 0.00123. The highest BCUT2D eigenvalue weighted by molar-refractivity contribution is 5.70. The SMILES string of the molecule is OCC(COc1ccccc1-c1ccccc1)NC1CC1. The summed E-state index contributed by atoms with van der Waals surface area (Å²) in [5.74, 6) is 0.861. The number of hydrogen-bond donors (Lipinski definition) is 2. The Labute approximate surface area is 125 Å². The molecule has 1 atom stereocenters. The Hall–Kier alpha value is -1.84. The van der Waals surface area contributed by atoms with Crippen LogP contribution in [0.5, 0.6) is 5.75 Å². The summed E-state index contributed by atoms with van der Waals surface area (Å²) in [7, 11) is 0.